The molecule has 1 nitrogen and oxygen atoms in total. The van der Waals surface area contributed by atoms with E-state index in [1.807, 2.05) is 0 Å². The summed E-state index contributed by atoms with van der Waals surface area (Å²) < 4.78 is 0. The highest BCUT2D eigenvalue weighted by molar-refractivity contribution is 5.91. The van der Waals surface area contributed by atoms with Gasteiger partial charge in [-0.25, -0.2) is 0 Å². The maximum atomic E-state index is 3.56. The van der Waals surface area contributed by atoms with Gasteiger partial charge in [-0.3, -0.25) is 0 Å². The topological polar surface area (TPSA) is 15.8 Å². The Labute approximate surface area is 107 Å². The van der Waals surface area contributed by atoms with Gasteiger partial charge >= 0.3 is 0 Å². The molecule has 0 amide bonds. The van der Waals surface area contributed by atoms with E-state index in [0.29, 0.717) is 5.92 Å². The molecule has 3 rings (SSSR count). The van der Waals surface area contributed by atoms with Gasteiger partial charge in [-0.1, -0.05) is 62.4 Å². The SMILES string of the molecule is CC(C)c1c(-c2ccccc2)[nH]c2ccccc12. The van der Waals surface area contributed by atoms with Crippen LogP contribution in [0.2, 0.25) is 0 Å². The smallest absolute Gasteiger partial charge is 0.0499 e. The van der Waals surface area contributed by atoms with Crippen LogP contribution in [0.15, 0.2) is 54.6 Å². The van der Waals surface area contributed by atoms with E-state index >= 15 is 0 Å². The van der Waals surface area contributed by atoms with Gasteiger partial charge in [-0.15, -0.1) is 0 Å². The van der Waals surface area contributed by atoms with Crippen molar-refractivity contribution < 1.29 is 0 Å². The maximum Gasteiger partial charge on any atom is 0.0499 e. The summed E-state index contributed by atoms with van der Waals surface area (Å²) in [5, 5.41) is 1.34. The number of rotatable bonds is 2. The third kappa shape index (κ3) is 1.72. The van der Waals surface area contributed by atoms with Crippen LogP contribution >= 0.6 is 0 Å². The molecular formula is C17H17N. The van der Waals surface area contributed by atoms with E-state index in [0.717, 1.165) is 0 Å². The minimum Gasteiger partial charge on any atom is -0.354 e. The monoisotopic (exact) mass is 235 g/mol. The number of benzene rings is 2. The first-order valence-corrected chi connectivity index (χ1v) is 6.43. The predicted molar refractivity (Wildman–Crippen MR) is 77.8 cm³/mol. The summed E-state index contributed by atoms with van der Waals surface area (Å²) in [6.45, 7) is 4.50. The van der Waals surface area contributed by atoms with Crippen molar-refractivity contribution in [2.45, 2.75) is 19.8 Å². The Balaban J connectivity index is 2.32. The molecule has 0 fully saturated rings. The molecular weight excluding hydrogens is 218 g/mol. The van der Waals surface area contributed by atoms with Crippen LogP contribution in [0.1, 0.15) is 25.3 Å². The average Bonchev–Trinajstić information content (AvgIpc) is 2.79. The summed E-state index contributed by atoms with van der Waals surface area (Å²) in [6.07, 6.45) is 0. The average molecular weight is 235 g/mol. The number of aromatic nitrogens is 1. The lowest BCUT2D eigenvalue weighted by Gasteiger charge is -2.08. The molecule has 2 aromatic carbocycles. The summed E-state index contributed by atoms with van der Waals surface area (Å²) in [4.78, 5) is 3.56. The van der Waals surface area contributed by atoms with E-state index < -0.39 is 0 Å². The zero-order valence-corrected chi connectivity index (χ0v) is 10.8. The van der Waals surface area contributed by atoms with Gasteiger partial charge in [0.1, 0.15) is 0 Å². The molecule has 0 aliphatic rings. The summed E-state index contributed by atoms with van der Waals surface area (Å²) in [5.74, 6) is 0.511. The van der Waals surface area contributed by atoms with E-state index in [-0.39, 0.29) is 0 Å². The standard InChI is InChI=1S/C17H17N/c1-12(2)16-14-10-6-7-11-15(14)18-17(16)13-8-4-3-5-9-13/h3-12,18H,1-2H3. The minimum atomic E-state index is 0.511. The first kappa shape index (κ1) is 11.1. The minimum absolute atomic E-state index is 0.511. The molecule has 90 valence electrons. The lowest BCUT2D eigenvalue weighted by atomic mass is 9.96. The van der Waals surface area contributed by atoms with Crippen molar-refractivity contribution in [2.24, 2.45) is 0 Å². The molecule has 0 atom stereocenters. The number of para-hydroxylation sites is 1. The van der Waals surface area contributed by atoms with Gasteiger partial charge in [0.15, 0.2) is 0 Å². The second-order valence-corrected chi connectivity index (χ2v) is 4.98. The predicted octanol–water partition coefficient (Wildman–Crippen LogP) is 4.96. The second-order valence-electron chi connectivity index (χ2n) is 4.98. The van der Waals surface area contributed by atoms with Gasteiger partial charge in [-0.2, -0.15) is 0 Å². The zero-order valence-electron chi connectivity index (χ0n) is 10.8. The Morgan fingerprint density at radius 2 is 1.50 bits per heavy atom. The third-order valence-corrected chi connectivity index (χ3v) is 3.39. The van der Waals surface area contributed by atoms with Gasteiger partial charge in [0.25, 0.3) is 0 Å². The van der Waals surface area contributed by atoms with Crippen LogP contribution in [0.5, 0.6) is 0 Å². The fourth-order valence-corrected chi connectivity index (χ4v) is 2.60. The maximum absolute atomic E-state index is 3.56. The normalized spacial score (nSPS) is 11.3. The molecule has 0 unspecified atom stereocenters. The largest absolute Gasteiger partial charge is 0.354 e. The Hall–Kier alpha value is -2.02. The molecule has 0 saturated carbocycles. The first-order chi connectivity index (χ1) is 8.77. The fraction of sp³-hybridized carbons (Fsp3) is 0.176. The molecule has 0 radical (unpaired) electrons. The number of hydrogen-bond donors (Lipinski definition) is 1. The molecule has 18 heavy (non-hydrogen) atoms. The molecule has 1 aromatic heterocycles. The highest BCUT2D eigenvalue weighted by Gasteiger charge is 2.14. The lowest BCUT2D eigenvalue weighted by Crippen LogP contribution is -1.89. The van der Waals surface area contributed by atoms with Crippen molar-refractivity contribution in [3.05, 3.63) is 60.2 Å². The Morgan fingerprint density at radius 3 is 2.22 bits per heavy atom. The van der Waals surface area contributed by atoms with Crippen molar-refractivity contribution >= 4 is 10.9 Å². The highest BCUT2D eigenvalue weighted by Crippen LogP contribution is 2.35. The molecule has 1 N–H and O–H groups in total. The van der Waals surface area contributed by atoms with Crippen LogP contribution in [-0.2, 0) is 0 Å². The van der Waals surface area contributed by atoms with Gasteiger partial charge in [0.2, 0.25) is 0 Å². The number of H-pyrrole nitrogens is 1. The van der Waals surface area contributed by atoms with Crippen molar-refractivity contribution in [2.75, 3.05) is 0 Å². The molecule has 0 saturated heterocycles. The highest BCUT2D eigenvalue weighted by atomic mass is 14.7. The Morgan fingerprint density at radius 1 is 0.833 bits per heavy atom. The van der Waals surface area contributed by atoms with E-state index in [1.165, 1.54) is 27.7 Å². The summed E-state index contributed by atoms with van der Waals surface area (Å²) in [6, 6.07) is 19.1. The molecule has 1 heteroatoms. The molecule has 0 bridgehead atoms. The summed E-state index contributed by atoms with van der Waals surface area (Å²) in [5.41, 5.74) is 5.15. The second kappa shape index (κ2) is 4.34. The third-order valence-electron chi connectivity index (χ3n) is 3.39. The Bertz CT molecular complexity index is 662. The fourth-order valence-electron chi connectivity index (χ4n) is 2.60. The van der Waals surface area contributed by atoms with Crippen LogP contribution in [0.4, 0.5) is 0 Å². The van der Waals surface area contributed by atoms with Gasteiger partial charge in [-0.05, 0) is 23.1 Å². The van der Waals surface area contributed by atoms with Gasteiger partial charge in [0.05, 0.1) is 0 Å². The molecule has 0 spiro atoms. The van der Waals surface area contributed by atoms with E-state index in [9.17, 15) is 0 Å². The van der Waals surface area contributed by atoms with Crippen LogP contribution in [0, 0.1) is 0 Å². The van der Waals surface area contributed by atoms with Gasteiger partial charge in [0, 0.05) is 16.6 Å². The quantitative estimate of drug-likeness (QED) is 0.646. The van der Waals surface area contributed by atoms with Gasteiger partial charge < -0.3 is 4.98 Å². The number of aromatic amines is 1. The van der Waals surface area contributed by atoms with Crippen molar-refractivity contribution in [3.63, 3.8) is 0 Å². The van der Waals surface area contributed by atoms with Crippen molar-refractivity contribution in [1.82, 2.24) is 4.98 Å². The van der Waals surface area contributed by atoms with Crippen molar-refractivity contribution in [3.8, 4) is 11.3 Å². The Kier molecular flexibility index (Phi) is 2.67. The first-order valence-electron chi connectivity index (χ1n) is 6.43. The number of fused-ring (bicyclic) bond motifs is 1. The zero-order chi connectivity index (χ0) is 12.5. The van der Waals surface area contributed by atoms with E-state index in [2.05, 4.69) is 73.4 Å². The lowest BCUT2D eigenvalue weighted by molar-refractivity contribution is 0.878. The molecule has 0 aliphatic carbocycles. The number of nitrogens with one attached hydrogen (secondary N) is 1. The van der Waals surface area contributed by atoms with Crippen LogP contribution < -0.4 is 0 Å². The number of hydrogen-bond acceptors (Lipinski definition) is 0. The molecule has 1 heterocycles. The molecule has 0 aliphatic heterocycles. The molecule has 3 aromatic rings. The van der Waals surface area contributed by atoms with Crippen LogP contribution in [-0.4, -0.2) is 4.98 Å². The van der Waals surface area contributed by atoms with E-state index in [1.54, 1.807) is 0 Å². The summed E-state index contributed by atoms with van der Waals surface area (Å²) >= 11 is 0. The van der Waals surface area contributed by atoms with Crippen molar-refractivity contribution in [1.29, 1.82) is 0 Å². The van der Waals surface area contributed by atoms with Crippen LogP contribution in [0.3, 0.4) is 0 Å². The van der Waals surface area contributed by atoms with E-state index in [4.69, 9.17) is 0 Å². The summed E-state index contributed by atoms with van der Waals surface area (Å²) in [7, 11) is 0. The van der Waals surface area contributed by atoms with Crippen LogP contribution in [0.25, 0.3) is 22.2 Å².